The fourth-order valence-electron chi connectivity index (χ4n) is 4.32. The Balaban J connectivity index is 1.84. The summed E-state index contributed by atoms with van der Waals surface area (Å²) in [5.74, 6) is -2.60. The normalized spacial score (nSPS) is 23.3. The fourth-order valence-corrected chi connectivity index (χ4v) is 4.32. The Morgan fingerprint density at radius 2 is 2.12 bits per heavy atom. The lowest BCUT2D eigenvalue weighted by Gasteiger charge is -2.31. The molecule has 1 heterocycles. The van der Waals surface area contributed by atoms with Crippen molar-refractivity contribution in [2.45, 2.75) is 37.1 Å². The van der Waals surface area contributed by atoms with Crippen molar-refractivity contribution in [3.63, 3.8) is 0 Å². The smallest absolute Gasteiger partial charge is 0.425 e. The first-order valence-electron chi connectivity index (χ1n) is 9.79. The van der Waals surface area contributed by atoms with Crippen molar-refractivity contribution in [1.82, 2.24) is 9.78 Å². The molecule has 0 radical (unpaired) electrons. The summed E-state index contributed by atoms with van der Waals surface area (Å²) >= 11 is 0. The lowest BCUT2D eigenvalue weighted by molar-refractivity contribution is -0.247. The van der Waals surface area contributed by atoms with Gasteiger partial charge in [0.2, 0.25) is 11.6 Å². The summed E-state index contributed by atoms with van der Waals surface area (Å²) in [6.45, 7) is 1.61. The minimum atomic E-state index is -5.09. The van der Waals surface area contributed by atoms with Gasteiger partial charge in [-0.25, -0.2) is 9.18 Å². The minimum Gasteiger partial charge on any atom is -0.464 e. The van der Waals surface area contributed by atoms with E-state index in [0.29, 0.717) is 6.29 Å². The molecule has 1 N–H and O–H groups in total. The first kappa shape index (κ1) is 21.9. The highest BCUT2D eigenvalue weighted by atomic mass is 19.4. The number of benzene rings is 1. The zero-order chi connectivity index (χ0) is 23.3. The van der Waals surface area contributed by atoms with Crippen LogP contribution in [0.15, 0.2) is 54.1 Å². The van der Waals surface area contributed by atoms with E-state index >= 15 is 0 Å². The number of aromatic nitrogens is 2. The summed E-state index contributed by atoms with van der Waals surface area (Å²) < 4.78 is 62.5. The van der Waals surface area contributed by atoms with E-state index in [0.717, 1.165) is 16.8 Å². The molecule has 0 amide bonds. The highest BCUT2D eigenvalue weighted by molar-refractivity contribution is 5.90. The van der Waals surface area contributed by atoms with Gasteiger partial charge in [0.15, 0.2) is 6.29 Å². The molecule has 1 aromatic heterocycles. The van der Waals surface area contributed by atoms with Gasteiger partial charge in [0.25, 0.3) is 0 Å². The second kappa shape index (κ2) is 7.70. The predicted octanol–water partition coefficient (Wildman–Crippen LogP) is 3.74. The Kier molecular flexibility index (Phi) is 5.28. The van der Waals surface area contributed by atoms with Gasteiger partial charge < -0.3 is 14.6 Å². The van der Waals surface area contributed by atoms with Crippen LogP contribution in [-0.2, 0) is 19.9 Å². The zero-order valence-electron chi connectivity index (χ0n) is 16.8. The van der Waals surface area contributed by atoms with Gasteiger partial charge in [-0.1, -0.05) is 24.3 Å². The Hall–Kier alpha value is -3.27. The molecule has 6 nitrogen and oxygen atoms in total. The molecule has 0 saturated carbocycles. The third-order valence-electron chi connectivity index (χ3n) is 5.71. The third-order valence-corrected chi connectivity index (χ3v) is 5.71. The molecule has 168 valence electrons. The number of rotatable bonds is 5. The van der Waals surface area contributed by atoms with Crippen molar-refractivity contribution in [3.05, 3.63) is 70.8 Å². The van der Waals surface area contributed by atoms with Crippen LogP contribution < -0.4 is 0 Å². The summed E-state index contributed by atoms with van der Waals surface area (Å²) in [5, 5.41) is 14.8. The number of esters is 1. The van der Waals surface area contributed by atoms with E-state index in [1.54, 1.807) is 6.92 Å². The molecule has 2 aliphatic rings. The van der Waals surface area contributed by atoms with Crippen molar-refractivity contribution in [2.24, 2.45) is 0 Å². The number of allylic oxidation sites excluding steroid dienone is 2. The van der Waals surface area contributed by atoms with Crippen molar-refractivity contribution in [2.75, 3.05) is 6.61 Å². The number of halogens is 4. The number of nitrogens with zero attached hydrogens (tertiary/aromatic N) is 2. The Morgan fingerprint density at radius 3 is 2.78 bits per heavy atom. The van der Waals surface area contributed by atoms with Gasteiger partial charge in [-0.2, -0.15) is 18.3 Å². The molecular weight excluding hydrogens is 432 g/mol. The number of alkyl halides is 3. The number of hydrogen-bond acceptors (Lipinski definition) is 5. The first-order valence-corrected chi connectivity index (χ1v) is 9.79. The fraction of sp³-hybridized carbons (Fsp3) is 0.318. The molecule has 32 heavy (non-hydrogen) atoms. The lowest BCUT2D eigenvalue weighted by atomic mass is 9.80. The molecule has 3 atom stereocenters. The molecule has 2 aliphatic carbocycles. The lowest BCUT2D eigenvalue weighted by Crippen LogP contribution is -2.42. The standard InChI is InChI=1S/C22H18F4N2O4/c1-2-32-20(30)18(11-29)28-10-12(9-27-28)15-7-13(23)8-17-19(15)14-5-3-4-6-16(14)21(17,31)22(24,25)26/h3-6,8-11,15,18,31H,2,7H2,1H3. The second-order valence-corrected chi connectivity index (χ2v) is 7.52. The number of aliphatic hydroxyl groups is 1. The van der Waals surface area contributed by atoms with E-state index in [9.17, 15) is 32.3 Å². The molecule has 0 spiro atoms. The van der Waals surface area contributed by atoms with Gasteiger partial charge in [0.1, 0.15) is 5.83 Å². The van der Waals surface area contributed by atoms with Crippen LogP contribution in [0.1, 0.15) is 42.0 Å². The maximum atomic E-state index is 14.6. The van der Waals surface area contributed by atoms with Crippen LogP contribution in [0.5, 0.6) is 0 Å². The van der Waals surface area contributed by atoms with Gasteiger partial charge in [-0.15, -0.1) is 0 Å². The molecule has 0 saturated heterocycles. The number of ether oxygens (including phenoxy) is 1. The number of hydrogen-bond donors (Lipinski definition) is 1. The van der Waals surface area contributed by atoms with Gasteiger partial charge in [-0.05, 0) is 29.7 Å². The molecule has 1 aromatic carbocycles. The maximum absolute atomic E-state index is 14.6. The summed E-state index contributed by atoms with van der Waals surface area (Å²) in [5.41, 5.74) is -3.75. The highest BCUT2D eigenvalue weighted by Gasteiger charge is 2.62. The number of aldehydes is 1. The van der Waals surface area contributed by atoms with E-state index in [2.05, 4.69) is 5.10 Å². The van der Waals surface area contributed by atoms with E-state index in [4.69, 9.17) is 4.74 Å². The minimum absolute atomic E-state index is 0.0407. The quantitative estimate of drug-likeness (QED) is 0.325. The topological polar surface area (TPSA) is 81.4 Å². The van der Waals surface area contributed by atoms with E-state index in [1.807, 2.05) is 0 Å². The van der Waals surface area contributed by atoms with E-state index in [1.165, 1.54) is 30.6 Å². The van der Waals surface area contributed by atoms with Crippen molar-refractivity contribution in [3.8, 4) is 0 Å². The zero-order valence-corrected chi connectivity index (χ0v) is 16.8. The van der Waals surface area contributed by atoms with Gasteiger partial charge in [0, 0.05) is 29.7 Å². The third kappa shape index (κ3) is 3.17. The highest BCUT2D eigenvalue weighted by Crippen LogP contribution is 2.59. The van der Waals surface area contributed by atoms with Crippen molar-refractivity contribution < 1.29 is 37.0 Å². The Morgan fingerprint density at radius 1 is 1.41 bits per heavy atom. The monoisotopic (exact) mass is 450 g/mol. The largest absolute Gasteiger partial charge is 0.464 e. The van der Waals surface area contributed by atoms with Crippen LogP contribution in [0, 0.1) is 0 Å². The summed E-state index contributed by atoms with van der Waals surface area (Å²) in [6.07, 6.45) is -1.73. The van der Waals surface area contributed by atoms with Crippen LogP contribution in [0.2, 0.25) is 0 Å². The van der Waals surface area contributed by atoms with Crippen LogP contribution in [0.4, 0.5) is 17.6 Å². The SMILES string of the molecule is CCOC(=O)C(C=O)n1cc(C2CC(F)=CC3=C2c2ccccc2C3(O)C(F)(F)F)cn1. The van der Waals surface area contributed by atoms with Gasteiger partial charge in [-0.3, -0.25) is 4.68 Å². The molecule has 4 rings (SSSR count). The number of carbonyl (C=O) groups excluding carboxylic acids is 2. The van der Waals surface area contributed by atoms with Crippen LogP contribution >= 0.6 is 0 Å². The first-order chi connectivity index (χ1) is 15.1. The van der Waals surface area contributed by atoms with Crippen molar-refractivity contribution in [1.29, 1.82) is 0 Å². The summed E-state index contributed by atoms with van der Waals surface area (Å²) in [4.78, 5) is 23.4. The molecule has 0 fully saturated rings. The predicted molar refractivity (Wildman–Crippen MR) is 104 cm³/mol. The second-order valence-electron chi connectivity index (χ2n) is 7.52. The molecule has 3 unspecified atom stereocenters. The average Bonchev–Trinajstić information content (AvgIpc) is 3.31. The van der Waals surface area contributed by atoms with Gasteiger partial charge >= 0.3 is 12.1 Å². The number of fused-ring (bicyclic) bond motifs is 2. The van der Waals surface area contributed by atoms with Crippen molar-refractivity contribution >= 4 is 17.8 Å². The van der Waals surface area contributed by atoms with E-state index < -0.39 is 41.1 Å². The molecular formula is C22H18F4N2O4. The van der Waals surface area contributed by atoms with Gasteiger partial charge in [0.05, 0.1) is 12.8 Å². The molecule has 10 heteroatoms. The summed E-state index contributed by atoms with van der Waals surface area (Å²) in [6, 6.07) is 4.12. The van der Waals surface area contributed by atoms with Crippen LogP contribution in [0.3, 0.4) is 0 Å². The average molecular weight is 450 g/mol. The van der Waals surface area contributed by atoms with E-state index in [-0.39, 0.29) is 35.3 Å². The Labute approximate surface area is 179 Å². The molecule has 0 bridgehead atoms. The van der Waals surface area contributed by atoms with Crippen LogP contribution in [-0.4, -0.2) is 39.9 Å². The molecule has 2 aromatic rings. The maximum Gasteiger partial charge on any atom is 0.425 e. The Bertz CT molecular complexity index is 1150. The summed E-state index contributed by atoms with van der Waals surface area (Å²) in [7, 11) is 0. The molecule has 0 aliphatic heterocycles. The van der Waals surface area contributed by atoms with Crippen LogP contribution in [0.25, 0.3) is 5.57 Å². The number of carbonyl (C=O) groups is 2.